The number of nitrogens with zero attached hydrogens (tertiary/aromatic N) is 4. The number of pyridine rings is 2. The molecule has 3 rings (SSSR count). The van der Waals surface area contributed by atoms with E-state index in [9.17, 15) is 4.79 Å². The Morgan fingerprint density at radius 2 is 2.15 bits per heavy atom. The van der Waals surface area contributed by atoms with Crippen LogP contribution in [0, 0.1) is 0 Å². The van der Waals surface area contributed by atoms with Gasteiger partial charge in [-0.3, -0.25) is 14.8 Å². The summed E-state index contributed by atoms with van der Waals surface area (Å²) in [4.78, 5) is 21.2. The number of carbonyl (C=O) groups excluding carboxylic acids is 1. The summed E-state index contributed by atoms with van der Waals surface area (Å²) in [7, 11) is 0. The molecule has 0 spiro atoms. The van der Waals surface area contributed by atoms with Crippen molar-refractivity contribution in [3.8, 4) is 0 Å². The highest BCUT2D eigenvalue weighted by Crippen LogP contribution is 2.15. The second-order valence-electron chi connectivity index (χ2n) is 6.58. The fraction of sp³-hybridized carbons (Fsp3) is 0.333. The van der Waals surface area contributed by atoms with Crippen LogP contribution in [0.5, 0.6) is 0 Å². The van der Waals surface area contributed by atoms with E-state index >= 15 is 0 Å². The van der Waals surface area contributed by atoms with Crippen LogP contribution in [0.1, 0.15) is 41.2 Å². The lowest BCUT2D eigenvalue weighted by atomic mass is 10.0. The SMILES string of the molecule is CC(C)N(N)/C(=N\N)c1cccc(NC(=O)c2cc3c(cn2)CCNC3)n1. The summed E-state index contributed by atoms with van der Waals surface area (Å²) in [5.41, 5.74) is 3.08. The van der Waals surface area contributed by atoms with E-state index in [1.807, 2.05) is 19.9 Å². The van der Waals surface area contributed by atoms with Crippen LogP contribution in [0.3, 0.4) is 0 Å². The molecule has 1 aliphatic heterocycles. The van der Waals surface area contributed by atoms with Crippen LogP contribution in [0.4, 0.5) is 5.82 Å². The Morgan fingerprint density at radius 1 is 1.33 bits per heavy atom. The lowest BCUT2D eigenvalue weighted by Gasteiger charge is -2.23. The van der Waals surface area contributed by atoms with Gasteiger partial charge in [-0.15, -0.1) is 0 Å². The topological polar surface area (TPSA) is 135 Å². The third-order valence-corrected chi connectivity index (χ3v) is 4.35. The van der Waals surface area contributed by atoms with Gasteiger partial charge in [0.05, 0.1) is 0 Å². The van der Waals surface area contributed by atoms with E-state index < -0.39 is 0 Å². The van der Waals surface area contributed by atoms with E-state index in [1.54, 1.807) is 24.4 Å². The van der Waals surface area contributed by atoms with Crippen LogP contribution in [-0.2, 0) is 13.0 Å². The van der Waals surface area contributed by atoms with Crippen LogP contribution < -0.4 is 22.3 Å². The first-order valence-electron chi connectivity index (χ1n) is 8.78. The van der Waals surface area contributed by atoms with Gasteiger partial charge in [0.25, 0.3) is 5.91 Å². The largest absolute Gasteiger partial charge is 0.321 e. The highest BCUT2D eigenvalue weighted by Gasteiger charge is 2.17. The smallest absolute Gasteiger partial charge is 0.275 e. The van der Waals surface area contributed by atoms with Crippen LogP contribution in [0.15, 0.2) is 35.6 Å². The Hall–Kier alpha value is -3.04. The number of hydrazone groups is 1. The lowest BCUT2D eigenvalue weighted by molar-refractivity contribution is 0.102. The number of nitrogens with one attached hydrogen (secondary N) is 2. The second kappa shape index (κ2) is 8.11. The van der Waals surface area contributed by atoms with Crippen LogP contribution in [-0.4, -0.2) is 39.3 Å². The third-order valence-electron chi connectivity index (χ3n) is 4.35. The van der Waals surface area contributed by atoms with Crippen LogP contribution in [0.25, 0.3) is 0 Å². The Balaban J connectivity index is 1.79. The van der Waals surface area contributed by atoms with Gasteiger partial charge in [-0.25, -0.2) is 10.8 Å². The maximum absolute atomic E-state index is 12.6. The molecule has 2 aromatic heterocycles. The minimum atomic E-state index is -0.326. The number of hydrogen-bond acceptors (Lipinski definition) is 7. The number of rotatable bonds is 4. The van der Waals surface area contributed by atoms with Crippen LogP contribution >= 0.6 is 0 Å². The van der Waals surface area contributed by atoms with E-state index in [2.05, 4.69) is 25.7 Å². The monoisotopic (exact) mass is 368 g/mol. The molecule has 0 unspecified atom stereocenters. The minimum absolute atomic E-state index is 0.0133. The summed E-state index contributed by atoms with van der Waals surface area (Å²) in [6.07, 6.45) is 2.68. The second-order valence-corrected chi connectivity index (χ2v) is 6.58. The summed E-state index contributed by atoms with van der Waals surface area (Å²) in [5.74, 6) is 11.8. The van der Waals surface area contributed by atoms with E-state index in [-0.39, 0.29) is 11.9 Å². The molecule has 0 saturated heterocycles. The summed E-state index contributed by atoms with van der Waals surface area (Å²) in [5, 5.41) is 11.2. The number of aromatic nitrogens is 2. The average molecular weight is 368 g/mol. The van der Waals surface area contributed by atoms with Gasteiger partial charge in [0.1, 0.15) is 17.2 Å². The fourth-order valence-electron chi connectivity index (χ4n) is 2.80. The molecule has 0 aliphatic carbocycles. The first-order valence-corrected chi connectivity index (χ1v) is 8.78. The number of hydrogen-bond donors (Lipinski definition) is 4. The molecule has 2 aromatic rings. The molecule has 0 saturated carbocycles. The number of amides is 1. The number of amidine groups is 1. The lowest BCUT2D eigenvalue weighted by Crippen LogP contribution is -2.44. The van der Waals surface area contributed by atoms with E-state index in [4.69, 9.17) is 11.7 Å². The molecule has 1 amide bonds. The molecule has 142 valence electrons. The molecule has 1 aliphatic rings. The number of nitrogens with two attached hydrogens (primary N) is 2. The fourth-order valence-corrected chi connectivity index (χ4v) is 2.80. The normalized spacial score (nSPS) is 14.0. The summed E-state index contributed by atoms with van der Waals surface area (Å²) in [6, 6.07) is 6.97. The molecule has 6 N–H and O–H groups in total. The minimum Gasteiger partial charge on any atom is -0.321 e. The van der Waals surface area contributed by atoms with Gasteiger partial charge < -0.3 is 16.5 Å². The highest BCUT2D eigenvalue weighted by molar-refractivity contribution is 6.03. The van der Waals surface area contributed by atoms with Crippen LogP contribution in [0.2, 0.25) is 0 Å². The standard InChI is InChI=1S/C18H24N8O/c1-11(2)26(20)17(25-19)14-4-3-5-16(23-14)24-18(27)15-8-13-9-21-7-6-12(13)10-22-15/h3-5,8,10-11,21H,6-7,9,19-20H2,1-2H3,(H,23,24,27)/b25-17-. The summed E-state index contributed by atoms with van der Waals surface area (Å²) in [6.45, 7) is 5.49. The zero-order valence-electron chi connectivity index (χ0n) is 15.4. The van der Waals surface area contributed by atoms with Crippen molar-refractivity contribution < 1.29 is 4.79 Å². The molecule has 27 heavy (non-hydrogen) atoms. The predicted octanol–water partition coefficient (Wildman–Crippen LogP) is 0.579. The van der Waals surface area contributed by atoms with Gasteiger partial charge >= 0.3 is 0 Å². The molecule has 0 aromatic carbocycles. The van der Waals surface area contributed by atoms with Gasteiger partial charge in [-0.1, -0.05) is 6.07 Å². The number of fused-ring (bicyclic) bond motifs is 1. The predicted molar refractivity (Wildman–Crippen MR) is 104 cm³/mol. The van der Waals surface area contributed by atoms with Crippen molar-refractivity contribution in [1.29, 1.82) is 0 Å². The van der Waals surface area contributed by atoms with E-state index in [0.717, 1.165) is 25.1 Å². The Kier molecular flexibility index (Phi) is 5.63. The molecular formula is C18H24N8O. The van der Waals surface area contributed by atoms with Crippen molar-refractivity contribution in [1.82, 2.24) is 20.3 Å². The first kappa shape index (κ1) is 18.7. The summed E-state index contributed by atoms with van der Waals surface area (Å²) < 4.78 is 0. The molecule has 0 bridgehead atoms. The number of hydrazine groups is 1. The summed E-state index contributed by atoms with van der Waals surface area (Å²) >= 11 is 0. The van der Waals surface area contributed by atoms with Crippen molar-refractivity contribution in [2.45, 2.75) is 32.9 Å². The van der Waals surface area contributed by atoms with Crippen molar-refractivity contribution >= 4 is 17.6 Å². The zero-order valence-corrected chi connectivity index (χ0v) is 15.4. The Labute approximate surface area is 157 Å². The van der Waals surface area contributed by atoms with Gasteiger partial charge in [0, 0.05) is 18.8 Å². The molecule has 0 atom stereocenters. The Morgan fingerprint density at radius 3 is 2.89 bits per heavy atom. The van der Waals surface area contributed by atoms with E-state index in [1.165, 1.54) is 10.6 Å². The van der Waals surface area contributed by atoms with Crippen molar-refractivity contribution in [2.24, 2.45) is 16.8 Å². The molecular weight excluding hydrogens is 344 g/mol. The van der Waals surface area contributed by atoms with Gasteiger partial charge in [-0.05, 0) is 56.1 Å². The molecule has 0 fully saturated rings. The van der Waals surface area contributed by atoms with Crippen molar-refractivity contribution in [3.63, 3.8) is 0 Å². The molecule has 3 heterocycles. The van der Waals surface area contributed by atoms with Gasteiger partial charge in [0.15, 0.2) is 5.84 Å². The number of anilines is 1. The molecule has 9 nitrogen and oxygen atoms in total. The first-order chi connectivity index (χ1) is 13.0. The molecule has 0 radical (unpaired) electrons. The number of carbonyl (C=O) groups is 1. The van der Waals surface area contributed by atoms with E-state index in [0.29, 0.717) is 23.0 Å². The van der Waals surface area contributed by atoms with Crippen molar-refractivity contribution in [3.05, 3.63) is 53.0 Å². The quantitative estimate of drug-likeness (QED) is 0.268. The van der Waals surface area contributed by atoms with Gasteiger partial charge in [0.2, 0.25) is 0 Å². The third kappa shape index (κ3) is 4.21. The zero-order chi connectivity index (χ0) is 19.4. The highest BCUT2D eigenvalue weighted by atomic mass is 16.1. The maximum atomic E-state index is 12.6. The Bertz CT molecular complexity index is 864. The average Bonchev–Trinajstić information content (AvgIpc) is 2.68. The molecule has 9 heteroatoms. The van der Waals surface area contributed by atoms with Crippen molar-refractivity contribution in [2.75, 3.05) is 11.9 Å². The maximum Gasteiger partial charge on any atom is 0.275 e. The van der Waals surface area contributed by atoms with Gasteiger partial charge in [-0.2, -0.15) is 5.10 Å².